The molecule has 14 fully saturated rings. The average molecular weight is 1040 g/mol. The number of imide groups is 2. The Morgan fingerprint density at radius 2 is 0.649 bits per heavy atom. The van der Waals surface area contributed by atoms with Gasteiger partial charge in [0.15, 0.2) is 0 Å². The molecule has 14 rings (SSSR count). The van der Waals surface area contributed by atoms with E-state index in [1.165, 1.54) is 116 Å². The molecule has 12 saturated carbocycles. The van der Waals surface area contributed by atoms with Crippen LogP contribution >= 0.6 is 0 Å². The minimum atomic E-state index is -0.804. The molecule has 17 heteroatoms. The predicted molar refractivity (Wildman–Crippen MR) is 266 cm³/mol. The van der Waals surface area contributed by atoms with Crippen molar-refractivity contribution in [2.75, 3.05) is 46.6 Å². The monoisotopic (exact) mass is 1040 g/mol. The number of hydroxylamine groups is 4. The fourth-order valence-corrected chi connectivity index (χ4v) is 17.4. The average Bonchev–Trinajstić information content (AvgIpc) is 3.84. The number of hydrogen-bond acceptors (Lipinski definition) is 15. The lowest BCUT2D eigenvalue weighted by Crippen LogP contribution is -2.49. The van der Waals surface area contributed by atoms with Crippen molar-refractivity contribution in [1.29, 1.82) is 0 Å². The molecule has 74 heavy (non-hydrogen) atoms. The highest BCUT2D eigenvalue weighted by Gasteiger charge is 2.53. The molecule has 2 saturated heterocycles. The van der Waals surface area contributed by atoms with Crippen LogP contribution < -0.4 is 5.73 Å². The fraction of sp³-hybridized carbons (Fsp3) is 0.860. The molecule has 12 aliphatic carbocycles. The van der Waals surface area contributed by atoms with Crippen LogP contribution in [0.15, 0.2) is 0 Å². The van der Waals surface area contributed by atoms with Crippen molar-refractivity contribution < 1.29 is 67.0 Å². The van der Waals surface area contributed by atoms with E-state index < -0.39 is 35.6 Å². The number of rotatable bonds is 25. The van der Waals surface area contributed by atoms with Crippen molar-refractivity contribution in [3.63, 3.8) is 0 Å². The molecular weight excluding hydrogens is 951 g/mol. The summed E-state index contributed by atoms with van der Waals surface area (Å²) in [6.45, 7) is 1.65. The second kappa shape index (κ2) is 24.8. The third-order valence-corrected chi connectivity index (χ3v) is 19.5. The smallest absolute Gasteiger partial charge is 0.335 e. The summed E-state index contributed by atoms with van der Waals surface area (Å²) in [4.78, 5) is 102. The number of hydrogen-bond donors (Lipinski definition) is 1. The first-order valence-electron chi connectivity index (χ1n) is 28.8. The minimum Gasteiger partial charge on any atom is -0.355 e. The lowest BCUT2D eigenvalue weighted by molar-refractivity contribution is -0.199. The maximum Gasteiger partial charge on any atom is 0.335 e. The number of carbonyl (C=O) groups is 8. The van der Waals surface area contributed by atoms with Gasteiger partial charge in [-0.3, -0.25) is 28.8 Å². The lowest BCUT2D eigenvalue weighted by atomic mass is 9.48. The Kier molecular flexibility index (Phi) is 18.5. The van der Waals surface area contributed by atoms with Crippen molar-refractivity contribution in [3.05, 3.63) is 0 Å². The van der Waals surface area contributed by atoms with E-state index in [1.54, 1.807) is 0 Å². The van der Waals surface area contributed by atoms with Crippen molar-refractivity contribution in [3.8, 4) is 0 Å². The summed E-state index contributed by atoms with van der Waals surface area (Å²) in [6, 6.07) is 0. The Hall–Kier alpha value is -3.64. The standard InChI is InChI=1S/C31H48O4.C15H18N2O10.C11H19N/c32-28(1-5-30-15-22-9-23(16-30)11-24(10-22)17-30)3-7-34-21-35-8-4-29(33)2-6-31-18-25-12-26(19-31)14-27(13-25)20-31;18-10-1-2-11(19)16(10)26-14(22)5-7-24-9-25-8-6-15(23)27-17-12(20)3-4-13(17)21;12-7-11-4-8-1-9(5-11)3-10(2-8)6-11/h22-27H,1-21H2;1-9H2;8-10H,1-7,12H2. The van der Waals surface area contributed by atoms with Gasteiger partial charge in [0.1, 0.15) is 25.2 Å². The molecule has 12 bridgehead atoms. The van der Waals surface area contributed by atoms with E-state index in [4.69, 9.17) is 24.7 Å². The minimum absolute atomic E-state index is 0.0129. The highest BCUT2D eigenvalue weighted by atomic mass is 16.7. The van der Waals surface area contributed by atoms with Crippen LogP contribution in [-0.2, 0) is 67.0 Å². The molecule has 412 valence electrons. The molecule has 0 aromatic rings. The molecule has 2 aliphatic heterocycles. The molecule has 2 heterocycles. The van der Waals surface area contributed by atoms with Gasteiger partial charge in [0.2, 0.25) is 0 Å². The topological polar surface area (TPSA) is 224 Å². The second-order valence-electron chi connectivity index (χ2n) is 25.5. The third kappa shape index (κ3) is 14.5. The Bertz CT molecular complexity index is 1800. The van der Waals surface area contributed by atoms with Crippen LogP contribution in [0.5, 0.6) is 0 Å². The molecule has 0 radical (unpaired) electrons. The number of amides is 4. The van der Waals surface area contributed by atoms with Crippen LogP contribution in [0.3, 0.4) is 0 Å². The van der Waals surface area contributed by atoms with Crippen LogP contribution in [-0.4, -0.2) is 104 Å². The molecule has 17 nitrogen and oxygen atoms in total. The van der Waals surface area contributed by atoms with Gasteiger partial charge >= 0.3 is 11.9 Å². The molecule has 4 amide bonds. The zero-order chi connectivity index (χ0) is 51.9. The number of ether oxygens (including phenoxy) is 4. The van der Waals surface area contributed by atoms with Gasteiger partial charge in [-0.15, -0.1) is 10.1 Å². The van der Waals surface area contributed by atoms with E-state index in [9.17, 15) is 38.4 Å². The zero-order valence-corrected chi connectivity index (χ0v) is 44.0. The Balaban J connectivity index is 0.000000151. The SMILES string of the molecule is NCC12CC3CC(CC(C3)C1)C2.O=C(CCOCOCCC(=O)CCC12CC3CC(CC(C3)C1)C2)CCC12CC3CC(CC(C3)C1)C2.O=C(CCOCOCCC(=O)ON1C(=O)CCC1=O)ON1C(=O)CCC1=O. The van der Waals surface area contributed by atoms with Crippen LogP contribution in [0.4, 0.5) is 0 Å². The first kappa shape index (κ1) is 55.1. The molecule has 0 aromatic heterocycles. The number of carbonyl (C=O) groups excluding carboxylic acids is 8. The maximum atomic E-state index is 12.4. The van der Waals surface area contributed by atoms with Crippen LogP contribution in [0.1, 0.15) is 193 Å². The van der Waals surface area contributed by atoms with Gasteiger partial charge in [-0.05, 0) is 204 Å². The summed E-state index contributed by atoms with van der Waals surface area (Å²) in [5.41, 5.74) is 7.54. The maximum absolute atomic E-state index is 12.4. The second-order valence-corrected chi connectivity index (χ2v) is 25.5. The van der Waals surface area contributed by atoms with Crippen LogP contribution in [0.2, 0.25) is 0 Å². The van der Waals surface area contributed by atoms with Gasteiger partial charge in [0.05, 0.1) is 39.3 Å². The highest BCUT2D eigenvalue weighted by molar-refractivity contribution is 6.02. The normalized spacial score (nSPS) is 35.5. The molecule has 14 aliphatic rings. The van der Waals surface area contributed by atoms with E-state index in [1.807, 2.05) is 0 Å². The Morgan fingerprint density at radius 3 is 0.919 bits per heavy atom. The lowest BCUT2D eigenvalue weighted by Gasteiger charge is -2.57. The number of nitrogens with two attached hydrogens (primary N) is 1. The van der Waals surface area contributed by atoms with E-state index >= 15 is 0 Å². The molecule has 0 unspecified atom stereocenters. The van der Waals surface area contributed by atoms with E-state index in [0.717, 1.165) is 85.5 Å². The van der Waals surface area contributed by atoms with Crippen molar-refractivity contribution in [2.45, 2.75) is 193 Å². The van der Waals surface area contributed by atoms with Crippen LogP contribution in [0, 0.1) is 69.5 Å². The number of ketones is 2. The fourth-order valence-electron chi connectivity index (χ4n) is 17.4. The Labute approximate surface area is 437 Å². The summed E-state index contributed by atoms with van der Waals surface area (Å²) >= 11 is 0. The van der Waals surface area contributed by atoms with Gasteiger partial charge in [-0.25, -0.2) is 9.59 Å². The molecule has 0 atom stereocenters. The Morgan fingerprint density at radius 1 is 0.392 bits per heavy atom. The van der Waals surface area contributed by atoms with E-state index in [-0.39, 0.29) is 65.3 Å². The number of nitrogens with zero attached hydrogens (tertiary/aromatic N) is 2. The first-order valence-corrected chi connectivity index (χ1v) is 28.8. The molecule has 2 N–H and O–H groups in total. The largest absolute Gasteiger partial charge is 0.355 e. The quantitative estimate of drug-likeness (QED) is 0.0519. The molecule has 0 aromatic carbocycles. The van der Waals surface area contributed by atoms with E-state index in [2.05, 4.69) is 9.68 Å². The number of Topliss-reactive ketones (excluding diaryl/α,β-unsaturated/α-hetero) is 2. The highest BCUT2D eigenvalue weighted by Crippen LogP contribution is 2.63. The van der Waals surface area contributed by atoms with Gasteiger partial charge in [-0.1, -0.05) is 0 Å². The van der Waals surface area contributed by atoms with Gasteiger partial charge in [0.25, 0.3) is 23.6 Å². The molecular formula is C57H85N3O14. The summed E-state index contributed by atoms with van der Waals surface area (Å²) in [6.07, 6.45) is 30.5. The van der Waals surface area contributed by atoms with Crippen molar-refractivity contribution >= 4 is 47.1 Å². The van der Waals surface area contributed by atoms with Gasteiger partial charge in [-0.2, -0.15) is 0 Å². The predicted octanol–water partition coefficient (Wildman–Crippen LogP) is 8.02. The third-order valence-electron chi connectivity index (χ3n) is 19.5. The zero-order valence-electron chi connectivity index (χ0n) is 44.0. The van der Waals surface area contributed by atoms with Gasteiger partial charge < -0.3 is 34.4 Å². The summed E-state index contributed by atoms with van der Waals surface area (Å²) in [5.74, 6) is 5.78. The first-order chi connectivity index (χ1) is 35.6. The summed E-state index contributed by atoms with van der Waals surface area (Å²) in [7, 11) is 0. The van der Waals surface area contributed by atoms with E-state index in [0.29, 0.717) is 64.0 Å². The molecule has 0 spiro atoms. The summed E-state index contributed by atoms with van der Waals surface area (Å²) in [5, 5.41) is 0.889. The van der Waals surface area contributed by atoms with Gasteiger partial charge in [0, 0.05) is 51.4 Å². The van der Waals surface area contributed by atoms with Crippen molar-refractivity contribution in [1.82, 2.24) is 10.1 Å². The van der Waals surface area contributed by atoms with Crippen LogP contribution in [0.25, 0.3) is 0 Å². The van der Waals surface area contributed by atoms with Crippen molar-refractivity contribution in [2.24, 2.45) is 75.2 Å². The summed E-state index contributed by atoms with van der Waals surface area (Å²) < 4.78 is 21.1.